The number of esters is 5. The van der Waals surface area contributed by atoms with Gasteiger partial charge >= 0.3 is 29.8 Å². The van der Waals surface area contributed by atoms with Crippen molar-refractivity contribution in [3.05, 3.63) is 0 Å². The van der Waals surface area contributed by atoms with Gasteiger partial charge in [0.05, 0.1) is 10.7 Å². The van der Waals surface area contributed by atoms with Gasteiger partial charge in [0.1, 0.15) is 19.8 Å². The standard InChI is InChI=1S/C34H58O11S2/c1-4-7-10-11-13-16-31(38)43-26-28(25-42-29(36)14-9-6-3)45-33(40)18-20-34(46-21-22-47-34)19-17-32(39)44-27(23-35)24-41-30(37)15-12-8-5-2/h27-28,35H,4-26H2,1-3H3. The van der Waals surface area contributed by atoms with Crippen LogP contribution in [0, 0.1) is 0 Å². The molecular weight excluding hydrogens is 648 g/mol. The van der Waals surface area contributed by atoms with Gasteiger partial charge in [0.15, 0.2) is 12.2 Å². The Morgan fingerprint density at radius 3 is 1.45 bits per heavy atom. The van der Waals surface area contributed by atoms with Crippen LogP contribution in [0.15, 0.2) is 0 Å². The first kappa shape index (κ1) is 43.0. The molecule has 47 heavy (non-hydrogen) atoms. The Labute approximate surface area is 289 Å². The molecule has 0 aromatic heterocycles. The summed E-state index contributed by atoms with van der Waals surface area (Å²) in [6.45, 7) is 5.09. The number of carbonyl (C=O) groups is 5. The lowest BCUT2D eigenvalue weighted by Crippen LogP contribution is -2.32. The van der Waals surface area contributed by atoms with Gasteiger partial charge < -0.3 is 28.8 Å². The molecule has 11 nitrogen and oxygen atoms in total. The Kier molecular flexibility index (Phi) is 24.6. The second-order valence-electron chi connectivity index (χ2n) is 11.8. The predicted molar refractivity (Wildman–Crippen MR) is 183 cm³/mol. The largest absolute Gasteiger partial charge is 0.462 e. The van der Waals surface area contributed by atoms with Crippen LogP contribution in [-0.4, -0.2) is 89.2 Å². The zero-order valence-corrected chi connectivity index (χ0v) is 30.4. The summed E-state index contributed by atoms with van der Waals surface area (Å²) >= 11 is 3.36. The van der Waals surface area contributed by atoms with Gasteiger partial charge in [0.2, 0.25) is 0 Å². The molecule has 0 aliphatic carbocycles. The maximum Gasteiger partial charge on any atom is 0.306 e. The summed E-state index contributed by atoms with van der Waals surface area (Å²) in [7, 11) is 0. The van der Waals surface area contributed by atoms with Crippen LogP contribution >= 0.6 is 23.5 Å². The first-order valence-electron chi connectivity index (χ1n) is 17.4. The molecule has 2 atom stereocenters. The van der Waals surface area contributed by atoms with Crippen LogP contribution in [0.3, 0.4) is 0 Å². The molecule has 0 radical (unpaired) electrons. The van der Waals surface area contributed by atoms with E-state index in [0.717, 1.165) is 69.3 Å². The maximum atomic E-state index is 12.9. The van der Waals surface area contributed by atoms with Gasteiger partial charge in [0, 0.05) is 43.6 Å². The summed E-state index contributed by atoms with van der Waals surface area (Å²) in [5, 5.41) is 9.61. The second kappa shape index (κ2) is 26.9. The molecule has 0 bridgehead atoms. The lowest BCUT2D eigenvalue weighted by molar-refractivity contribution is -0.167. The molecule has 1 rings (SSSR count). The fourth-order valence-electron chi connectivity index (χ4n) is 4.71. The van der Waals surface area contributed by atoms with Gasteiger partial charge in [0.25, 0.3) is 0 Å². The van der Waals surface area contributed by atoms with E-state index < -0.39 is 40.8 Å². The number of rotatable bonds is 28. The minimum absolute atomic E-state index is 0.0634. The molecule has 1 aliphatic heterocycles. The van der Waals surface area contributed by atoms with Gasteiger partial charge in [-0.15, -0.1) is 23.5 Å². The minimum atomic E-state index is -0.935. The van der Waals surface area contributed by atoms with Crippen LogP contribution in [0.25, 0.3) is 0 Å². The van der Waals surface area contributed by atoms with E-state index in [4.69, 9.17) is 23.7 Å². The average molecular weight is 707 g/mol. The zero-order chi connectivity index (χ0) is 34.8. The molecule has 0 aromatic carbocycles. The van der Waals surface area contributed by atoms with E-state index >= 15 is 0 Å². The van der Waals surface area contributed by atoms with E-state index in [1.165, 1.54) is 0 Å². The van der Waals surface area contributed by atoms with Crippen LogP contribution in [0.4, 0.5) is 0 Å². The Morgan fingerprint density at radius 1 is 0.553 bits per heavy atom. The van der Waals surface area contributed by atoms with Gasteiger partial charge in [-0.3, -0.25) is 24.0 Å². The number of aliphatic hydroxyl groups excluding tert-OH is 1. The van der Waals surface area contributed by atoms with E-state index in [0.29, 0.717) is 19.3 Å². The monoisotopic (exact) mass is 706 g/mol. The lowest BCUT2D eigenvalue weighted by Gasteiger charge is -2.27. The van der Waals surface area contributed by atoms with E-state index in [2.05, 4.69) is 6.92 Å². The highest BCUT2D eigenvalue weighted by molar-refractivity contribution is 8.21. The quantitative estimate of drug-likeness (QED) is 0.0551. The molecule has 1 saturated heterocycles. The SMILES string of the molecule is CCCCCCCC(=O)OCC(COC(=O)CCCC)OC(=O)CCC1(CCC(=O)OC(CO)COC(=O)CCCCC)SCCS1. The molecule has 0 spiro atoms. The Morgan fingerprint density at radius 2 is 0.957 bits per heavy atom. The van der Waals surface area contributed by atoms with Crippen molar-refractivity contribution in [2.75, 3.05) is 37.9 Å². The molecule has 0 saturated carbocycles. The average Bonchev–Trinajstić information content (AvgIpc) is 3.54. The third kappa shape index (κ3) is 21.6. The Bertz CT molecular complexity index is 909. The topological polar surface area (TPSA) is 152 Å². The third-order valence-electron chi connectivity index (χ3n) is 7.53. The first-order valence-corrected chi connectivity index (χ1v) is 19.4. The summed E-state index contributed by atoms with van der Waals surface area (Å²) in [5.74, 6) is -0.444. The molecule has 13 heteroatoms. The zero-order valence-electron chi connectivity index (χ0n) is 28.8. The molecule has 1 fully saturated rings. The van der Waals surface area contributed by atoms with E-state index in [-0.39, 0.29) is 63.9 Å². The van der Waals surface area contributed by atoms with Gasteiger partial charge in [-0.25, -0.2) is 0 Å². The molecule has 1 aliphatic rings. The third-order valence-corrected chi connectivity index (χ3v) is 11.2. The summed E-state index contributed by atoms with van der Waals surface area (Å²) in [6.07, 6.45) is 9.14. The Hall–Kier alpha value is -1.99. The maximum absolute atomic E-state index is 12.9. The van der Waals surface area contributed by atoms with Gasteiger partial charge in [-0.1, -0.05) is 65.7 Å². The summed E-state index contributed by atoms with van der Waals surface area (Å²) in [6, 6.07) is 0. The fraction of sp³-hybridized carbons (Fsp3) is 0.853. The highest BCUT2D eigenvalue weighted by Gasteiger charge is 2.37. The fourth-order valence-corrected chi connectivity index (χ4v) is 7.94. The first-order chi connectivity index (χ1) is 22.7. The Balaban J connectivity index is 2.61. The summed E-state index contributed by atoms with van der Waals surface area (Å²) in [4.78, 5) is 61.8. The predicted octanol–water partition coefficient (Wildman–Crippen LogP) is 6.30. The number of hydrogen-bond acceptors (Lipinski definition) is 13. The number of thioether (sulfide) groups is 2. The van der Waals surface area contributed by atoms with Gasteiger partial charge in [-0.05, 0) is 32.1 Å². The van der Waals surface area contributed by atoms with Crippen molar-refractivity contribution in [1.29, 1.82) is 0 Å². The van der Waals surface area contributed by atoms with Crippen LogP contribution in [0.5, 0.6) is 0 Å². The van der Waals surface area contributed by atoms with E-state index in [9.17, 15) is 29.1 Å². The molecule has 2 unspecified atom stereocenters. The van der Waals surface area contributed by atoms with Crippen molar-refractivity contribution in [3.8, 4) is 0 Å². The van der Waals surface area contributed by atoms with Crippen LogP contribution in [-0.2, 0) is 47.7 Å². The smallest absolute Gasteiger partial charge is 0.306 e. The highest BCUT2D eigenvalue weighted by atomic mass is 32.2. The molecule has 1 N–H and O–H groups in total. The number of unbranched alkanes of at least 4 members (excludes halogenated alkanes) is 7. The van der Waals surface area contributed by atoms with Crippen molar-refractivity contribution in [3.63, 3.8) is 0 Å². The molecule has 0 aromatic rings. The van der Waals surface area contributed by atoms with Crippen LogP contribution < -0.4 is 0 Å². The van der Waals surface area contributed by atoms with Gasteiger partial charge in [-0.2, -0.15) is 0 Å². The summed E-state index contributed by atoms with van der Waals surface area (Å²) in [5.41, 5.74) is 0. The number of ether oxygens (including phenoxy) is 5. The molecule has 0 amide bonds. The van der Waals surface area contributed by atoms with Crippen molar-refractivity contribution in [2.45, 2.75) is 146 Å². The van der Waals surface area contributed by atoms with Crippen molar-refractivity contribution in [2.24, 2.45) is 0 Å². The molecule has 1 heterocycles. The number of hydrogen-bond donors (Lipinski definition) is 1. The van der Waals surface area contributed by atoms with Crippen LogP contribution in [0.1, 0.15) is 130 Å². The van der Waals surface area contributed by atoms with Crippen molar-refractivity contribution in [1.82, 2.24) is 0 Å². The van der Waals surface area contributed by atoms with E-state index in [1.54, 1.807) is 23.5 Å². The van der Waals surface area contributed by atoms with E-state index in [1.807, 2.05) is 13.8 Å². The minimum Gasteiger partial charge on any atom is -0.462 e. The normalized spacial score (nSPS) is 15.0. The van der Waals surface area contributed by atoms with Crippen LogP contribution in [0.2, 0.25) is 0 Å². The van der Waals surface area contributed by atoms with Crippen molar-refractivity contribution < 1.29 is 52.8 Å². The number of aliphatic hydroxyl groups is 1. The van der Waals surface area contributed by atoms with Crippen molar-refractivity contribution >= 4 is 53.4 Å². The molecule has 272 valence electrons. The number of carbonyl (C=O) groups excluding carboxylic acids is 5. The summed E-state index contributed by atoms with van der Waals surface area (Å²) < 4.78 is 26.4. The second-order valence-corrected chi connectivity index (χ2v) is 15.0. The highest BCUT2D eigenvalue weighted by Crippen LogP contribution is 2.50. The molecular formula is C34H58O11S2. The lowest BCUT2D eigenvalue weighted by atomic mass is 10.1.